The van der Waals surface area contributed by atoms with Crippen molar-refractivity contribution in [3.05, 3.63) is 101 Å². The van der Waals surface area contributed by atoms with E-state index in [-0.39, 0.29) is 12.5 Å². The van der Waals surface area contributed by atoms with Crippen LogP contribution in [0.2, 0.25) is 0 Å². The first-order valence-corrected chi connectivity index (χ1v) is 10.6. The molecule has 6 heteroatoms. The molecule has 3 aromatic carbocycles. The zero-order valence-electron chi connectivity index (χ0n) is 16.5. The number of nitrogens with one attached hydrogen (secondary N) is 1. The third-order valence-corrected chi connectivity index (χ3v) is 5.63. The Labute approximate surface area is 179 Å². The maximum atomic E-state index is 12.4. The monoisotopic (exact) mass is 415 g/mol. The van der Waals surface area contributed by atoms with Crippen LogP contribution in [0.3, 0.4) is 0 Å². The summed E-state index contributed by atoms with van der Waals surface area (Å²) in [6.45, 7) is 2.27. The van der Waals surface area contributed by atoms with Crippen molar-refractivity contribution in [3.63, 3.8) is 0 Å². The van der Waals surface area contributed by atoms with E-state index in [1.807, 2.05) is 54.6 Å². The lowest BCUT2D eigenvalue weighted by Gasteiger charge is -2.05. The number of aryl methyl sites for hydroxylation is 1. The summed E-state index contributed by atoms with van der Waals surface area (Å²) in [5.74, 6) is 1.56. The predicted molar refractivity (Wildman–Crippen MR) is 118 cm³/mol. The van der Waals surface area contributed by atoms with E-state index in [4.69, 9.17) is 4.52 Å². The van der Waals surface area contributed by atoms with E-state index in [1.54, 1.807) is 11.8 Å². The van der Waals surface area contributed by atoms with Gasteiger partial charge in [0.15, 0.2) is 0 Å². The van der Waals surface area contributed by atoms with Gasteiger partial charge >= 0.3 is 0 Å². The normalized spacial score (nSPS) is 10.7. The number of carbonyl (C=O) groups excluding carboxylic acids is 1. The third-order valence-electron chi connectivity index (χ3n) is 4.54. The summed E-state index contributed by atoms with van der Waals surface area (Å²) in [5, 5.41) is 6.78. The van der Waals surface area contributed by atoms with Gasteiger partial charge in [0.25, 0.3) is 5.91 Å². The number of amides is 1. The molecule has 5 nitrogen and oxygen atoms in total. The molecular weight excluding hydrogens is 394 g/mol. The Hall–Kier alpha value is -3.38. The average molecular weight is 416 g/mol. The third kappa shape index (κ3) is 5.15. The topological polar surface area (TPSA) is 68.0 Å². The Bertz CT molecular complexity index is 1110. The Morgan fingerprint density at radius 1 is 0.967 bits per heavy atom. The van der Waals surface area contributed by atoms with Gasteiger partial charge in [0.1, 0.15) is 0 Å². The van der Waals surface area contributed by atoms with E-state index >= 15 is 0 Å². The van der Waals surface area contributed by atoms with Crippen LogP contribution in [-0.4, -0.2) is 16.0 Å². The van der Waals surface area contributed by atoms with Crippen molar-refractivity contribution < 1.29 is 9.32 Å². The Kier molecular flexibility index (Phi) is 6.25. The summed E-state index contributed by atoms with van der Waals surface area (Å²) in [7, 11) is 0. The number of aromatic nitrogens is 2. The maximum absolute atomic E-state index is 12.4. The van der Waals surface area contributed by atoms with Gasteiger partial charge in [0.2, 0.25) is 11.7 Å². The van der Waals surface area contributed by atoms with Crippen LogP contribution >= 0.6 is 11.8 Å². The molecule has 0 aliphatic heterocycles. The molecular formula is C24H21N3O2S. The van der Waals surface area contributed by atoms with Gasteiger partial charge in [-0.25, -0.2) is 0 Å². The van der Waals surface area contributed by atoms with Crippen LogP contribution in [0, 0.1) is 6.92 Å². The van der Waals surface area contributed by atoms with Gasteiger partial charge in [0, 0.05) is 21.8 Å². The predicted octanol–water partition coefficient (Wildman–Crippen LogP) is 5.27. The van der Waals surface area contributed by atoms with Gasteiger partial charge in [-0.15, -0.1) is 11.8 Å². The smallest absolute Gasteiger partial charge is 0.251 e. The van der Waals surface area contributed by atoms with Crippen molar-refractivity contribution >= 4 is 17.7 Å². The van der Waals surface area contributed by atoms with Crippen molar-refractivity contribution in [3.8, 4) is 11.4 Å². The van der Waals surface area contributed by atoms with E-state index in [1.165, 1.54) is 16.0 Å². The highest BCUT2D eigenvalue weighted by atomic mass is 32.2. The second kappa shape index (κ2) is 9.41. The highest BCUT2D eigenvalue weighted by Crippen LogP contribution is 2.23. The number of carbonyl (C=O) groups is 1. The molecule has 1 heterocycles. The molecule has 0 spiro atoms. The molecule has 1 N–H and O–H groups in total. The van der Waals surface area contributed by atoms with E-state index < -0.39 is 0 Å². The first-order valence-electron chi connectivity index (χ1n) is 9.62. The Morgan fingerprint density at radius 3 is 2.43 bits per heavy atom. The maximum Gasteiger partial charge on any atom is 0.251 e. The van der Waals surface area contributed by atoms with Crippen LogP contribution in [0.25, 0.3) is 11.4 Å². The van der Waals surface area contributed by atoms with E-state index in [9.17, 15) is 4.79 Å². The van der Waals surface area contributed by atoms with Crippen LogP contribution in [0.1, 0.15) is 27.4 Å². The van der Waals surface area contributed by atoms with E-state index in [0.29, 0.717) is 17.3 Å². The Balaban J connectivity index is 1.29. The fourth-order valence-corrected chi connectivity index (χ4v) is 3.70. The highest BCUT2D eigenvalue weighted by molar-refractivity contribution is 7.98. The molecule has 0 aliphatic carbocycles. The lowest BCUT2D eigenvalue weighted by atomic mass is 10.1. The van der Waals surface area contributed by atoms with Crippen molar-refractivity contribution in [1.29, 1.82) is 0 Å². The number of nitrogens with zero attached hydrogens (tertiary/aromatic N) is 2. The zero-order chi connectivity index (χ0) is 20.8. The molecule has 0 fully saturated rings. The van der Waals surface area contributed by atoms with Gasteiger partial charge in [-0.1, -0.05) is 65.3 Å². The molecule has 150 valence electrons. The largest absolute Gasteiger partial charge is 0.343 e. The lowest BCUT2D eigenvalue weighted by molar-refractivity contribution is 0.0946. The lowest BCUT2D eigenvalue weighted by Crippen LogP contribution is -2.22. The van der Waals surface area contributed by atoms with Gasteiger partial charge < -0.3 is 9.84 Å². The molecule has 0 saturated carbocycles. The summed E-state index contributed by atoms with van der Waals surface area (Å²) in [6, 6.07) is 25.7. The molecule has 0 bridgehead atoms. The minimum absolute atomic E-state index is 0.174. The first kappa shape index (κ1) is 19.9. The van der Waals surface area contributed by atoms with Gasteiger partial charge in [-0.05, 0) is 36.8 Å². The summed E-state index contributed by atoms with van der Waals surface area (Å²) in [4.78, 5) is 18.0. The summed E-state index contributed by atoms with van der Waals surface area (Å²) < 4.78 is 5.23. The molecule has 30 heavy (non-hydrogen) atoms. The van der Waals surface area contributed by atoms with Crippen LogP contribution < -0.4 is 5.32 Å². The van der Waals surface area contributed by atoms with Crippen molar-refractivity contribution in [1.82, 2.24) is 15.5 Å². The summed E-state index contributed by atoms with van der Waals surface area (Å²) >= 11 is 1.78. The van der Waals surface area contributed by atoms with E-state index in [2.05, 4.69) is 46.6 Å². The zero-order valence-corrected chi connectivity index (χ0v) is 17.4. The molecule has 4 rings (SSSR count). The molecule has 4 aromatic rings. The summed E-state index contributed by atoms with van der Waals surface area (Å²) in [5.41, 5.74) is 3.90. The second-order valence-corrected chi connectivity index (χ2v) is 7.91. The molecule has 0 unspecified atom stereocenters. The minimum atomic E-state index is -0.174. The van der Waals surface area contributed by atoms with Crippen molar-refractivity contribution in [2.45, 2.75) is 24.1 Å². The van der Waals surface area contributed by atoms with Gasteiger partial charge in [0.05, 0.1) is 6.54 Å². The number of rotatable bonds is 7. The van der Waals surface area contributed by atoms with Crippen molar-refractivity contribution in [2.24, 2.45) is 0 Å². The SMILES string of the molecule is Cc1ccc(SCc2ccc(C(=O)NCc3nc(-c4ccccc4)no3)cc2)cc1. The average Bonchev–Trinajstić information content (AvgIpc) is 3.27. The van der Waals surface area contributed by atoms with Crippen molar-refractivity contribution in [2.75, 3.05) is 0 Å². The fourth-order valence-electron chi connectivity index (χ4n) is 2.84. The molecule has 1 aromatic heterocycles. The molecule has 0 radical (unpaired) electrons. The Morgan fingerprint density at radius 2 is 1.70 bits per heavy atom. The van der Waals surface area contributed by atoms with Gasteiger partial charge in [-0.2, -0.15) is 4.98 Å². The number of hydrogen-bond acceptors (Lipinski definition) is 5. The molecule has 0 aliphatic rings. The number of benzene rings is 3. The molecule has 1 amide bonds. The van der Waals surface area contributed by atoms with Crippen LogP contribution in [0.5, 0.6) is 0 Å². The minimum Gasteiger partial charge on any atom is -0.343 e. The van der Waals surface area contributed by atoms with Crippen LogP contribution in [0.4, 0.5) is 0 Å². The molecule has 0 saturated heterocycles. The number of hydrogen-bond donors (Lipinski definition) is 1. The number of thioether (sulfide) groups is 1. The second-order valence-electron chi connectivity index (χ2n) is 6.86. The quantitative estimate of drug-likeness (QED) is 0.417. The highest BCUT2D eigenvalue weighted by Gasteiger charge is 2.11. The van der Waals surface area contributed by atoms with Crippen LogP contribution in [-0.2, 0) is 12.3 Å². The first-order chi connectivity index (χ1) is 14.7. The van der Waals surface area contributed by atoms with Gasteiger partial charge in [-0.3, -0.25) is 4.79 Å². The van der Waals surface area contributed by atoms with Crippen LogP contribution in [0.15, 0.2) is 88.3 Å². The summed E-state index contributed by atoms with van der Waals surface area (Å²) in [6.07, 6.45) is 0. The standard InChI is InChI=1S/C24H21N3O2S/c1-17-7-13-21(14-8-17)30-16-18-9-11-20(12-10-18)24(28)25-15-22-26-23(27-29-22)19-5-3-2-4-6-19/h2-14H,15-16H2,1H3,(H,25,28). The molecule has 0 atom stereocenters. The van der Waals surface area contributed by atoms with E-state index in [0.717, 1.165) is 11.3 Å². The fraction of sp³-hybridized carbons (Fsp3) is 0.125.